The van der Waals surface area contributed by atoms with Gasteiger partial charge in [-0.2, -0.15) is 0 Å². The van der Waals surface area contributed by atoms with Crippen molar-refractivity contribution in [2.75, 3.05) is 12.4 Å². The third-order valence-corrected chi connectivity index (χ3v) is 3.32. The van der Waals surface area contributed by atoms with Gasteiger partial charge in [-0.15, -0.1) is 0 Å². The van der Waals surface area contributed by atoms with Gasteiger partial charge in [0, 0.05) is 13.2 Å². The summed E-state index contributed by atoms with van der Waals surface area (Å²) in [4.78, 5) is 0. The average molecular weight is 271 g/mol. The van der Waals surface area contributed by atoms with Gasteiger partial charge in [-0.05, 0) is 38.1 Å². The summed E-state index contributed by atoms with van der Waals surface area (Å²) in [6, 6.07) is 17.9. The number of hydrogen-bond acceptors (Lipinski definition) is 3. The van der Waals surface area contributed by atoms with Crippen LogP contribution in [-0.2, 0) is 4.74 Å². The molecule has 106 valence electrons. The van der Waals surface area contributed by atoms with Crippen LogP contribution in [0.15, 0.2) is 54.6 Å². The van der Waals surface area contributed by atoms with Crippen LogP contribution in [0.2, 0.25) is 0 Å². The Bertz CT molecular complexity index is 528. The monoisotopic (exact) mass is 271 g/mol. The van der Waals surface area contributed by atoms with Crippen molar-refractivity contribution in [3.8, 4) is 11.5 Å². The molecule has 2 aromatic rings. The Morgan fingerprint density at radius 3 is 2.25 bits per heavy atom. The second kappa shape index (κ2) is 6.96. The van der Waals surface area contributed by atoms with Gasteiger partial charge in [0.15, 0.2) is 5.75 Å². The number of ether oxygens (including phenoxy) is 2. The van der Waals surface area contributed by atoms with E-state index in [1.807, 2.05) is 61.5 Å². The first-order valence-electron chi connectivity index (χ1n) is 6.82. The zero-order valence-corrected chi connectivity index (χ0v) is 12.2. The fourth-order valence-corrected chi connectivity index (χ4v) is 1.86. The molecule has 0 fully saturated rings. The van der Waals surface area contributed by atoms with Crippen LogP contribution in [0.4, 0.5) is 5.69 Å². The highest BCUT2D eigenvalue weighted by molar-refractivity contribution is 5.58. The Labute approximate surface area is 120 Å². The van der Waals surface area contributed by atoms with E-state index in [0.29, 0.717) is 0 Å². The maximum atomic E-state index is 5.92. The Hall–Kier alpha value is -2.00. The second-order valence-electron chi connectivity index (χ2n) is 4.79. The highest BCUT2D eigenvalue weighted by Crippen LogP contribution is 2.29. The number of hydrogen-bond donors (Lipinski definition) is 1. The van der Waals surface area contributed by atoms with E-state index in [2.05, 4.69) is 12.2 Å². The van der Waals surface area contributed by atoms with Crippen LogP contribution in [0, 0.1) is 0 Å². The Morgan fingerprint density at radius 2 is 1.55 bits per heavy atom. The lowest BCUT2D eigenvalue weighted by molar-refractivity contribution is 0.106. The van der Waals surface area contributed by atoms with Gasteiger partial charge in [-0.1, -0.05) is 30.3 Å². The molecule has 0 radical (unpaired) electrons. The van der Waals surface area contributed by atoms with Crippen LogP contribution in [0.25, 0.3) is 0 Å². The molecule has 0 saturated heterocycles. The van der Waals surface area contributed by atoms with Crippen molar-refractivity contribution >= 4 is 5.69 Å². The van der Waals surface area contributed by atoms with E-state index in [0.717, 1.165) is 17.2 Å². The molecule has 1 N–H and O–H groups in total. The fraction of sp³-hybridized carbons (Fsp3) is 0.294. The number of nitrogens with one attached hydrogen (secondary N) is 1. The van der Waals surface area contributed by atoms with Gasteiger partial charge in [0.05, 0.1) is 11.8 Å². The first-order valence-corrected chi connectivity index (χ1v) is 6.82. The number of para-hydroxylation sites is 3. The van der Waals surface area contributed by atoms with Crippen LogP contribution in [0.1, 0.15) is 13.8 Å². The summed E-state index contributed by atoms with van der Waals surface area (Å²) in [6.45, 7) is 4.13. The van der Waals surface area contributed by atoms with Crippen LogP contribution >= 0.6 is 0 Å². The number of benzene rings is 2. The summed E-state index contributed by atoms with van der Waals surface area (Å²) in [5.74, 6) is 1.64. The Balaban J connectivity index is 2.14. The summed E-state index contributed by atoms with van der Waals surface area (Å²) < 4.78 is 11.3. The van der Waals surface area contributed by atoms with Gasteiger partial charge in [0.2, 0.25) is 0 Å². The lowest BCUT2D eigenvalue weighted by Crippen LogP contribution is -2.29. The maximum absolute atomic E-state index is 5.92. The van der Waals surface area contributed by atoms with Crippen LogP contribution in [0.3, 0.4) is 0 Å². The Morgan fingerprint density at radius 1 is 0.900 bits per heavy atom. The SMILES string of the molecule is COC(C)C(C)Nc1ccccc1Oc1ccccc1. The third kappa shape index (κ3) is 3.75. The molecule has 0 aliphatic heterocycles. The van der Waals surface area contributed by atoms with E-state index in [9.17, 15) is 0 Å². The molecule has 3 nitrogen and oxygen atoms in total. The molecular weight excluding hydrogens is 250 g/mol. The predicted molar refractivity (Wildman–Crippen MR) is 82.5 cm³/mol. The normalized spacial score (nSPS) is 13.6. The molecule has 0 aliphatic rings. The van der Waals surface area contributed by atoms with Crippen molar-refractivity contribution in [2.24, 2.45) is 0 Å². The van der Waals surface area contributed by atoms with Crippen LogP contribution < -0.4 is 10.1 Å². The van der Waals surface area contributed by atoms with Crippen molar-refractivity contribution in [3.63, 3.8) is 0 Å². The minimum atomic E-state index is 0.125. The molecule has 3 heteroatoms. The summed E-state index contributed by atoms with van der Waals surface area (Å²) in [6.07, 6.45) is 0.125. The molecule has 0 saturated carbocycles. The number of anilines is 1. The van der Waals surface area contributed by atoms with E-state index in [4.69, 9.17) is 9.47 Å². The van der Waals surface area contributed by atoms with Crippen molar-refractivity contribution in [1.29, 1.82) is 0 Å². The molecule has 0 spiro atoms. The zero-order chi connectivity index (χ0) is 14.4. The van der Waals surface area contributed by atoms with Crippen LogP contribution in [0.5, 0.6) is 11.5 Å². The molecule has 0 aliphatic carbocycles. The van der Waals surface area contributed by atoms with Crippen molar-refractivity contribution in [1.82, 2.24) is 0 Å². The minimum Gasteiger partial charge on any atom is -0.455 e. The highest BCUT2D eigenvalue weighted by Gasteiger charge is 2.13. The smallest absolute Gasteiger partial charge is 0.150 e. The molecule has 2 rings (SSSR count). The van der Waals surface area contributed by atoms with E-state index < -0.39 is 0 Å². The van der Waals surface area contributed by atoms with Crippen molar-refractivity contribution < 1.29 is 9.47 Å². The van der Waals surface area contributed by atoms with Gasteiger partial charge >= 0.3 is 0 Å². The molecule has 2 aromatic carbocycles. The first-order chi connectivity index (χ1) is 9.70. The number of rotatable bonds is 6. The fourth-order valence-electron chi connectivity index (χ4n) is 1.86. The van der Waals surface area contributed by atoms with Gasteiger partial charge in [-0.3, -0.25) is 0 Å². The van der Waals surface area contributed by atoms with E-state index >= 15 is 0 Å². The van der Waals surface area contributed by atoms with Gasteiger partial charge in [0.25, 0.3) is 0 Å². The molecular formula is C17H21NO2. The van der Waals surface area contributed by atoms with Crippen LogP contribution in [-0.4, -0.2) is 19.3 Å². The second-order valence-corrected chi connectivity index (χ2v) is 4.79. The maximum Gasteiger partial charge on any atom is 0.150 e. The predicted octanol–water partition coefficient (Wildman–Crippen LogP) is 4.31. The Kier molecular flexibility index (Phi) is 5.02. The van der Waals surface area contributed by atoms with E-state index in [1.54, 1.807) is 7.11 Å². The molecule has 0 amide bonds. The summed E-state index contributed by atoms with van der Waals surface area (Å²) in [5, 5.41) is 3.43. The van der Waals surface area contributed by atoms with Gasteiger partial charge < -0.3 is 14.8 Å². The van der Waals surface area contributed by atoms with Gasteiger partial charge in [-0.25, -0.2) is 0 Å². The first kappa shape index (κ1) is 14.4. The van der Waals surface area contributed by atoms with E-state index in [1.165, 1.54) is 0 Å². The lowest BCUT2D eigenvalue weighted by Gasteiger charge is -2.22. The molecule has 20 heavy (non-hydrogen) atoms. The quantitative estimate of drug-likeness (QED) is 0.849. The summed E-state index contributed by atoms with van der Waals surface area (Å²) >= 11 is 0. The molecule has 0 aromatic heterocycles. The van der Waals surface area contributed by atoms with E-state index in [-0.39, 0.29) is 12.1 Å². The van der Waals surface area contributed by atoms with Crippen molar-refractivity contribution in [2.45, 2.75) is 26.0 Å². The summed E-state index contributed by atoms with van der Waals surface area (Å²) in [5.41, 5.74) is 0.966. The molecule has 2 unspecified atom stereocenters. The lowest BCUT2D eigenvalue weighted by atomic mass is 10.2. The largest absolute Gasteiger partial charge is 0.455 e. The topological polar surface area (TPSA) is 30.5 Å². The highest BCUT2D eigenvalue weighted by atomic mass is 16.5. The standard InChI is InChI=1S/C17H21NO2/c1-13(14(2)19-3)18-16-11-7-8-12-17(16)20-15-9-5-4-6-10-15/h4-14,18H,1-3H3. The summed E-state index contributed by atoms with van der Waals surface area (Å²) in [7, 11) is 1.72. The minimum absolute atomic E-state index is 0.125. The molecule has 2 atom stereocenters. The third-order valence-electron chi connectivity index (χ3n) is 3.32. The average Bonchev–Trinajstić information content (AvgIpc) is 2.49. The zero-order valence-electron chi connectivity index (χ0n) is 12.2. The van der Waals surface area contributed by atoms with Crippen molar-refractivity contribution in [3.05, 3.63) is 54.6 Å². The molecule has 0 bridgehead atoms. The number of methoxy groups -OCH3 is 1. The van der Waals surface area contributed by atoms with Gasteiger partial charge in [0.1, 0.15) is 5.75 Å². The molecule has 0 heterocycles.